The molecule has 3 N–H and O–H groups in total. The molecule has 0 saturated carbocycles. The lowest BCUT2D eigenvalue weighted by Gasteiger charge is -2.42. The Balaban J connectivity index is 2.96. The minimum Gasteiger partial charge on any atom is -0.302 e. The molecule has 110 valence electrons. The number of rotatable bonds is 7. The molecule has 2 atom stereocenters. The average Bonchev–Trinajstić information content (AvgIpc) is 2.82. The number of hydrogen-bond donors (Lipinski definition) is 2. The van der Waals surface area contributed by atoms with E-state index < -0.39 is 0 Å². The minimum absolute atomic E-state index is 0.0253. The van der Waals surface area contributed by atoms with E-state index in [0.717, 1.165) is 18.7 Å². The van der Waals surface area contributed by atoms with Gasteiger partial charge in [-0.25, -0.2) is 9.67 Å². The van der Waals surface area contributed by atoms with Crippen molar-refractivity contribution in [3.63, 3.8) is 0 Å². The number of nitrogens with zero attached hydrogens (tertiary/aromatic N) is 4. The molecule has 0 bridgehead atoms. The highest BCUT2D eigenvalue weighted by Gasteiger charge is 2.35. The first kappa shape index (κ1) is 16.1. The maximum atomic E-state index is 5.78. The van der Waals surface area contributed by atoms with Gasteiger partial charge in [0.2, 0.25) is 0 Å². The van der Waals surface area contributed by atoms with Crippen molar-refractivity contribution in [2.75, 3.05) is 14.1 Å². The highest BCUT2D eigenvalue weighted by Crippen LogP contribution is 2.23. The van der Waals surface area contributed by atoms with E-state index in [-0.39, 0.29) is 11.6 Å². The van der Waals surface area contributed by atoms with Crippen LogP contribution in [-0.4, -0.2) is 45.3 Å². The number of nitrogens with one attached hydrogen (secondary N) is 1. The quantitative estimate of drug-likeness (QED) is 0.569. The molecule has 1 heterocycles. The zero-order chi connectivity index (χ0) is 14.6. The van der Waals surface area contributed by atoms with Crippen LogP contribution in [0.1, 0.15) is 46.0 Å². The van der Waals surface area contributed by atoms with E-state index in [1.54, 1.807) is 6.33 Å². The number of aromatic nitrogens is 3. The Labute approximate surface area is 116 Å². The van der Waals surface area contributed by atoms with Gasteiger partial charge in [0.25, 0.3) is 0 Å². The zero-order valence-electron chi connectivity index (χ0n) is 13.0. The van der Waals surface area contributed by atoms with Crippen LogP contribution >= 0.6 is 0 Å². The Morgan fingerprint density at radius 3 is 2.53 bits per heavy atom. The first-order valence-electron chi connectivity index (χ1n) is 6.88. The summed E-state index contributed by atoms with van der Waals surface area (Å²) in [5, 5.41) is 4.28. The van der Waals surface area contributed by atoms with Crippen LogP contribution in [0.2, 0.25) is 0 Å². The van der Waals surface area contributed by atoms with Gasteiger partial charge in [0.1, 0.15) is 12.2 Å². The van der Waals surface area contributed by atoms with Crippen molar-refractivity contribution in [2.45, 2.75) is 58.2 Å². The molecule has 0 fully saturated rings. The molecule has 1 rings (SSSR count). The molecule has 0 radical (unpaired) electrons. The maximum Gasteiger partial charge on any atom is 0.138 e. The van der Waals surface area contributed by atoms with Gasteiger partial charge in [-0.3, -0.25) is 11.3 Å². The molecule has 0 amide bonds. The topological polar surface area (TPSA) is 72.0 Å². The molecular weight excluding hydrogens is 240 g/mol. The molecule has 6 nitrogen and oxygen atoms in total. The van der Waals surface area contributed by atoms with Gasteiger partial charge in [-0.05, 0) is 41.3 Å². The average molecular weight is 268 g/mol. The Bertz CT molecular complexity index is 386. The summed E-state index contributed by atoms with van der Waals surface area (Å²) in [4.78, 5) is 6.59. The van der Waals surface area contributed by atoms with Crippen LogP contribution in [0, 0.1) is 0 Å². The molecule has 0 aliphatic rings. The van der Waals surface area contributed by atoms with E-state index >= 15 is 0 Å². The first-order valence-corrected chi connectivity index (χ1v) is 6.88. The normalized spacial score (nSPS) is 16.9. The molecule has 1 aromatic heterocycles. The fourth-order valence-electron chi connectivity index (χ4n) is 2.37. The molecule has 0 aromatic carbocycles. The molecule has 6 heteroatoms. The summed E-state index contributed by atoms with van der Waals surface area (Å²) in [6.45, 7) is 8.60. The number of hydrazine groups is 1. The summed E-state index contributed by atoms with van der Waals surface area (Å²) in [6, 6.07) is 0.428. The van der Waals surface area contributed by atoms with E-state index in [9.17, 15) is 0 Å². The molecule has 0 spiro atoms. The van der Waals surface area contributed by atoms with Crippen LogP contribution in [0.3, 0.4) is 0 Å². The van der Waals surface area contributed by atoms with E-state index in [1.165, 1.54) is 0 Å². The minimum atomic E-state index is -0.0253. The third-order valence-electron chi connectivity index (χ3n) is 4.21. The predicted molar refractivity (Wildman–Crippen MR) is 77.6 cm³/mol. The summed E-state index contributed by atoms with van der Waals surface area (Å²) in [5.74, 6) is 6.75. The zero-order valence-corrected chi connectivity index (χ0v) is 13.0. The largest absolute Gasteiger partial charge is 0.302 e. The molecule has 2 unspecified atom stereocenters. The molecular formula is C13H28N6. The second-order valence-corrected chi connectivity index (χ2v) is 5.74. The van der Waals surface area contributed by atoms with E-state index in [2.05, 4.69) is 62.2 Å². The van der Waals surface area contributed by atoms with Gasteiger partial charge in [0, 0.05) is 24.0 Å². The molecule has 0 aliphatic heterocycles. The van der Waals surface area contributed by atoms with E-state index in [0.29, 0.717) is 6.04 Å². The van der Waals surface area contributed by atoms with Crippen LogP contribution in [0.4, 0.5) is 0 Å². The summed E-state index contributed by atoms with van der Waals surface area (Å²) < 4.78 is 1.95. The van der Waals surface area contributed by atoms with Crippen LogP contribution < -0.4 is 11.3 Å². The smallest absolute Gasteiger partial charge is 0.138 e. The van der Waals surface area contributed by atoms with Gasteiger partial charge >= 0.3 is 0 Å². The third kappa shape index (κ3) is 3.32. The monoisotopic (exact) mass is 268 g/mol. The molecule has 1 aromatic rings. The van der Waals surface area contributed by atoms with Crippen LogP contribution in [-0.2, 0) is 6.42 Å². The van der Waals surface area contributed by atoms with Crippen molar-refractivity contribution in [2.24, 2.45) is 5.84 Å². The summed E-state index contributed by atoms with van der Waals surface area (Å²) in [7, 11) is 4.17. The Kier molecular flexibility index (Phi) is 5.46. The number of nitrogens with two attached hydrogens (primary N) is 1. The first-order chi connectivity index (χ1) is 8.86. The van der Waals surface area contributed by atoms with E-state index in [1.807, 2.05) is 4.68 Å². The lowest BCUT2D eigenvalue weighted by atomic mass is 9.86. The molecule has 0 aliphatic carbocycles. The second-order valence-electron chi connectivity index (χ2n) is 5.74. The fraction of sp³-hybridized carbons (Fsp3) is 0.846. The summed E-state index contributed by atoms with van der Waals surface area (Å²) >= 11 is 0. The van der Waals surface area contributed by atoms with Crippen LogP contribution in [0.25, 0.3) is 0 Å². The number of hydrogen-bond acceptors (Lipinski definition) is 5. The molecule has 19 heavy (non-hydrogen) atoms. The van der Waals surface area contributed by atoms with Crippen LogP contribution in [0.5, 0.6) is 0 Å². The summed E-state index contributed by atoms with van der Waals surface area (Å²) in [5.41, 5.74) is 2.93. The maximum absolute atomic E-state index is 5.78. The number of likely N-dealkylation sites (N-methyl/N-ethyl adjacent to an activating group) is 1. The van der Waals surface area contributed by atoms with Crippen molar-refractivity contribution >= 4 is 0 Å². The van der Waals surface area contributed by atoms with E-state index in [4.69, 9.17) is 5.84 Å². The van der Waals surface area contributed by atoms with Crippen molar-refractivity contribution in [3.05, 3.63) is 12.2 Å². The lowest BCUT2D eigenvalue weighted by Crippen LogP contribution is -2.59. The van der Waals surface area contributed by atoms with Crippen molar-refractivity contribution in [1.82, 2.24) is 25.1 Å². The van der Waals surface area contributed by atoms with Crippen molar-refractivity contribution in [3.8, 4) is 0 Å². The predicted octanol–water partition coefficient (Wildman–Crippen LogP) is 0.964. The Morgan fingerprint density at radius 1 is 1.47 bits per heavy atom. The van der Waals surface area contributed by atoms with Crippen molar-refractivity contribution in [1.29, 1.82) is 0 Å². The summed E-state index contributed by atoms with van der Waals surface area (Å²) in [6.07, 6.45) is 3.38. The standard InChI is InChI=1S/C13H28N6/c1-7-13(4,18(5)6)11(17-14)8-12-15-9-16-19(12)10(2)3/h9-11,17H,7-8,14H2,1-6H3. The van der Waals surface area contributed by atoms with Gasteiger partial charge in [-0.15, -0.1) is 0 Å². The lowest BCUT2D eigenvalue weighted by molar-refractivity contribution is 0.111. The highest BCUT2D eigenvalue weighted by atomic mass is 15.4. The van der Waals surface area contributed by atoms with Gasteiger partial charge in [0.05, 0.1) is 0 Å². The van der Waals surface area contributed by atoms with Gasteiger partial charge < -0.3 is 4.90 Å². The van der Waals surface area contributed by atoms with Gasteiger partial charge in [0.15, 0.2) is 0 Å². The second kappa shape index (κ2) is 6.45. The SMILES string of the molecule is CCC(C)(C(Cc1ncnn1C(C)C)NN)N(C)C. The Morgan fingerprint density at radius 2 is 2.11 bits per heavy atom. The third-order valence-corrected chi connectivity index (χ3v) is 4.21. The van der Waals surface area contributed by atoms with Crippen molar-refractivity contribution < 1.29 is 0 Å². The van der Waals surface area contributed by atoms with Crippen LogP contribution in [0.15, 0.2) is 6.33 Å². The Hall–Kier alpha value is -0.980. The van der Waals surface area contributed by atoms with Gasteiger partial charge in [-0.1, -0.05) is 6.92 Å². The fourth-order valence-corrected chi connectivity index (χ4v) is 2.37. The van der Waals surface area contributed by atoms with Gasteiger partial charge in [-0.2, -0.15) is 5.10 Å². The highest BCUT2D eigenvalue weighted by molar-refractivity contribution is 5.00. The molecule has 0 saturated heterocycles.